The van der Waals surface area contributed by atoms with Crippen molar-refractivity contribution in [3.05, 3.63) is 45.1 Å². The smallest absolute Gasteiger partial charge is 0.329 e. The van der Waals surface area contributed by atoms with E-state index in [9.17, 15) is 29.1 Å². The largest absolute Gasteiger partial charge is 0.480 e. The van der Waals surface area contributed by atoms with E-state index in [-0.39, 0.29) is 24.4 Å². The zero-order valence-electron chi connectivity index (χ0n) is 14.9. The number of carboxylic acids is 1. The molecular formula is C17H20N4O6. The molecule has 0 aliphatic rings. The number of hydrogen-bond donors (Lipinski definition) is 3. The molecule has 10 heteroatoms. The standard InChI is InChI=1S/C17H20N4O6/c1-10(16(25)26)20(8-7-18-11(2)22)14(23)9-21-15(24)12-5-3-4-6-13(12)19-17(21)27/h3-6,10H,7-9H2,1-2H3,(H,18,22)(H,19,27)(H,25,26). The molecule has 0 aliphatic heterocycles. The van der Waals surface area contributed by atoms with Gasteiger partial charge in [0, 0.05) is 20.0 Å². The van der Waals surface area contributed by atoms with Crippen LogP contribution in [0.5, 0.6) is 0 Å². The average molecular weight is 376 g/mol. The van der Waals surface area contributed by atoms with Gasteiger partial charge in [0.1, 0.15) is 12.6 Å². The zero-order valence-corrected chi connectivity index (χ0v) is 14.9. The zero-order chi connectivity index (χ0) is 20.1. The Morgan fingerprint density at radius 3 is 2.56 bits per heavy atom. The monoisotopic (exact) mass is 376 g/mol. The van der Waals surface area contributed by atoms with Gasteiger partial charge in [0.15, 0.2) is 0 Å². The third-order valence-corrected chi connectivity index (χ3v) is 4.05. The molecule has 1 atom stereocenters. The number of H-pyrrole nitrogens is 1. The Morgan fingerprint density at radius 1 is 1.26 bits per heavy atom. The number of aromatic amines is 1. The van der Waals surface area contributed by atoms with Crippen LogP contribution in [0, 0.1) is 0 Å². The van der Waals surface area contributed by atoms with E-state index in [1.165, 1.54) is 19.9 Å². The Morgan fingerprint density at radius 2 is 1.93 bits per heavy atom. The summed E-state index contributed by atoms with van der Waals surface area (Å²) in [6.45, 7) is 1.95. The molecule has 0 saturated heterocycles. The molecule has 0 bridgehead atoms. The van der Waals surface area contributed by atoms with E-state index in [0.29, 0.717) is 5.52 Å². The summed E-state index contributed by atoms with van der Waals surface area (Å²) in [6.07, 6.45) is 0. The molecule has 0 fully saturated rings. The number of rotatable bonds is 7. The molecular weight excluding hydrogens is 356 g/mol. The van der Waals surface area contributed by atoms with Gasteiger partial charge >= 0.3 is 11.7 Å². The Bertz CT molecular complexity index is 993. The molecule has 1 unspecified atom stereocenters. The van der Waals surface area contributed by atoms with E-state index in [1.807, 2.05) is 0 Å². The number of aromatic nitrogens is 2. The average Bonchev–Trinajstić information content (AvgIpc) is 2.61. The van der Waals surface area contributed by atoms with Crippen molar-refractivity contribution in [3.8, 4) is 0 Å². The normalized spacial score (nSPS) is 11.8. The quantitative estimate of drug-likeness (QED) is 0.573. The van der Waals surface area contributed by atoms with Crippen LogP contribution < -0.4 is 16.6 Å². The number of aliphatic carboxylic acids is 1. The molecule has 2 rings (SSSR count). The van der Waals surface area contributed by atoms with Crippen LogP contribution in [0.3, 0.4) is 0 Å². The number of para-hydroxylation sites is 1. The third kappa shape index (κ3) is 4.60. The fourth-order valence-electron chi connectivity index (χ4n) is 2.59. The predicted octanol–water partition coefficient (Wildman–Crippen LogP) is -0.872. The highest BCUT2D eigenvalue weighted by Crippen LogP contribution is 2.04. The van der Waals surface area contributed by atoms with Gasteiger partial charge in [-0.05, 0) is 19.1 Å². The van der Waals surface area contributed by atoms with Crippen molar-refractivity contribution >= 4 is 28.7 Å². The highest BCUT2D eigenvalue weighted by atomic mass is 16.4. The molecule has 3 N–H and O–H groups in total. The lowest BCUT2D eigenvalue weighted by atomic mass is 10.2. The van der Waals surface area contributed by atoms with Crippen molar-refractivity contribution in [3.63, 3.8) is 0 Å². The molecule has 0 aliphatic carbocycles. The van der Waals surface area contributed by atoms with Crippen LogP contribution in [0.2, 0.25) is 0 Å². The molecule has 0 radical (unpaired) electrons. The molecule has 10 nitrogen and oxygen atoms in total. The molecule has 27 heavy (non-hydrogen) atoms. The van der Waals surface area contributed by atoms with E-state index in [0.717, 1.165) is 9.47 Å². The number of amides is 2. The Labute approximate surface area is 153 Å². The van der Waals surface area contributed by atoms with Crippen molar-refractivity contribution in [1.29, 1.82) is 0 Å². The summed E-state index contributed by atoms with van der Waals surface area (Å²) >= 11 is 0. The first-order valence-electron chi connectivity index (χ1n) is 8.21. The number of benzene rings is 1. The van der Waals surface area contributed by atoms with Gasteiger partial charge in [0.25, 0.3) is 5.56 Å². The first-order valence-corrected chi connectivity index (χ1v) is 8.21. The lowest BCUT2D eigenvalue weighted by Gasteiger charge is -2.26. The van der Waals surface area contributed by atoms with Gasteiger partial charge in [-0.1, -0.05) is 12.1 Å². The summed E-state index contributed by atoms with van der Waals surface area (Å²) in [5.74, 6) is -2.29. The minimum atomic E-state index is -1.24. The predicted molar refractivity (Wildman–Crippen MR) is 96.3 cm³/mol. The van der Waals surface area contributed by atoms with Crippen molar-refractivity contribution in [2.75, 3.05) is 13.1 Å². The summed E-state index contributed by atoms with van der Waals surface area (Å²) in [7, 11) is 0. The maximum atomic E-state index is 12.6. The Balaban J connectivity index is 2.32. The van der Waals surface area contributed by atoms with Gasteiger partial charge in [-0.25, -0.2) is 9.59 Å². The lowest BCUT2D eigenvalue weighted by molar-refractivity contribution is -0.149. The van der Waals surface area contributed by atoms with Gasteiger partial charge in [-0.2, -0.15) is 0 Å². The number of fused-ring (bicyclic) bond motifs is 1. The second-order valence-electron chi connectivity index (χ2n) is 5.95. The van der Waals surface area contributed by atoms with Gasteiger partial charge in [0.2, 0.25) is 11.8 Å². The van der Waals surface area contributed by atoms with E-state index >= 15 is 0 Å². The van der Waals surface area contributed by atoms with Crippen molar-refractivity contribution in [1.82, 2.24) is 19.8 Å². The van der Waals surface area contributed by atoms with Gasteiger partial charge in [0.05, 0.1) is 10.9 Å². The topological polar surface area (TPSA) is 142 Å². The summed E-state index contributed by atoms with van der Waals surface area (Å²) < 4.78 is 0.727. The fourth-order valence-corrected chi connectivity index (χ4v) is 2.59. The van der Waals surface area contributed by atoms with Crippen LogP contribution in [0.1, 0.15) is 13.8 Å². The van der Waals surface area contributed by atoms with Crippen molar-refractivity contribution in [2.45, 2.75) is 26.4 Å². The minimum Gasteiger partial charge on any atom is -0.480 e. The minimum absolute atomic E-state index is 0.0433. The Hall–Kier alpha value is -3.43. The van der Waals surface area contributed by atoms with Crippen LogP contribution in [0.15, 0.2) is 33.9 Å². The third-order valence-electron chi connectivity index (χ3n) is 4.05. The molecule has 2 aromatic rings. The summed E-state index contributed by atoms with van der Waals surface area (Å²) in [5, 5.41) is 11.9. The molecule has 1 aromatic carbocycles. The molecule has 1 aromatic heterocycles. The first-order chi connectivity index (χ1) is 12.7. The van der Waals surface area contributed by atoms with Crippen LogP contribution in [-0.2, 0) is 20.9 Å². The Kier molecular flexibility index (Phi) is 6.11. The molecule has 2 amide bonds. The summed E-state index contributed by atoms with van der Waals surface area (Å²) in [4.78, 5) is 63.1. The number of carbonyl (C=O) groups excluding carboxylic acids is 2. The summed E-state index contributed by atoms with van der Waals surface area (Å²) in [5.41, 5.74) is -1.07. The van der Waals surface area contributed by atoms with E-state index < -0.39 is 35.7 Å². The highest BCUT2D eigenvalue weighted by Gasteiger charge is 2.26. The number of hydrogen-bond acceptors (Lipinski definition) is 5. The van der Waals surface area contributed by atoms with Crippen LogP contribution in [0.25, 0.3) is 10.9 Å². The number of nitrogens with zero attached hydrogens (tertiary/aromatic N) is 2. The molecule has 0 spiro atoms. The molecule has 144 valence electrons. The van der Waals surface area contributed by atoms with Gasteiger partial charge in [-0.3, -0.25) is 19.0 Å². The van der Waals surface area contributed by atoms with Crippen LogP contribution >= 0.6 is 0 Å². The van der Waals surface area contributed by atoms with Crippen molar-refractivity contribution in [2.24, 2.45) is 0 Å². The van der Waals surface area contributed by atoms with Gasteiger partial charge in [-0.15, -0.1) is 0 Å². The van der Waals surface area contributed by atoms with Crippen LogP contribution in [0.4, 0.5) is 0 Å². The maximum absolute atomic E-state index is 12.6. The highest BCUT2D eigenvalue weighted by molar-refractivity contribution is 5.84. The number of carboxylic acid groups (broad SMARTS) is 1. The van der Waals surface area contributed by atoms with E-state index in [1.54, 1.807) is 18.2 Å². The fraction of sp³-hybridized carbons (Fsp3) is 0.353. The molecule has 1 heterocycles. The molecule has 0 saturated carbocycles. The van der Waals surface area contributed by atoms with Crippen LogP contribution in [-0.4, -0.2) is 56.5 Å². The van der Waals surface area contributed by atoms with Crippen molar-refractivity contribution < 1.29 is 19.5 Å². The number of carbonyl (C=O) groups is 3. The van der Waals surface area contributed by atoms with Gasteiger partial charge < -0.3 is 20.3 Å². The lowest BCUT2D eigenvalue weighted by Crippen LogP contribution is -2.50. The maximum Gasteiger partial charge on any atom is 0.329 e. The first kappa shape index (κ1) is 19.9. The summed E-state index contributed by atoms with van der Waals surface area (Å²) in [6, 6.07) is 5.17. The van der Waals surface area contributed by atoms with E-state index in [2.05, 4.69) is 10.3 Å². The second-order valence-corrected chi connectivity index (χ2v) is 5.95. The van der Waals surface area contributed by atoms with E-state index in [4.69, 9.17) is 0 Å². The second kappa shape index (κ2) is 8.30. The number of nitrogens with one attached hydrogen (secondary N) is 2. The SMILES string of the molecule is CC(=O)NCCN(C(=O)Cn1c(=O)[nH]c2ccccc2c1=O)C(C)C(=O)O.